The van der Waals surface area contributed by atoms with Crippen molar-refractivity contribution in [2.75, 3.05) is 6.54 Å². The minimum absolute atomic E-state index is 0.0320. The van der Waals surface area contributed by atoms with Crippen molar-refractivity contribution in [2.45, 2.75) is 24.9 Å². The smallest absolute Gasteiger partial charge is 0.320 e. The first-order valence-corrected chi connectivity index (χ1v) is 9.46. The maximum absolute atomic E-state index is 11.6. The summed E-state index contributed by atoms with van der Waals surface area (Å²) in [5.74, 6) is -0.731. The van der Waals surface area contributed by atoms with Crippen LogP contribution in [0.25, 0.3) is 0 Å². The lowest BCUT2D eigenvalue weighted by molar-refractivity contribution is -0.142. The zero-order chi connectivity index (χ0) is 15.7. The van der Waals surface area contributed by atoms with Gasteiger partial charge in [-0.1, -0.05) is 34.1 Å². The molecule has 6 heteroatoms. The number of carboxylic acid groups (broad SMARTS) is 1. The third-order valence-electron chi connectivity index (χ3n) is 3.97. The van der Waals surface area contributed by atoms with Crippen molar-refractivity contribution in [3.63, 3.8) is 0 Å². The van der Waals surface area contributed by atoms with Crippen LogP contribution >= 0.6 is 43.2 Å². The first-order chi connectivity index (χ1) is 10.6. The van der Waals surface area contributed by atoms with Crippen LogP contribution in [0.3, 0.4) is 0 Å². The van der Waals surface area contributed by atoms with E-state index in [9.17, 15) is 9.90 Å². The Hall–Kier alpha value is -0.690. The van der Waals surface area contributed by atoms with Crippen molar-refractivity contribution in [1.82, 2.24) is 4.90 Å². The molecule has 0 aliphatic carbocycles. The van der Waals surface area contributed by atoms with Gasteiger partial charge in [-0.2, -0.15) is 0 Å². The zero-order valence-electron chi connectivity index (χ0n) is 11.7. The molecule has 1 aliphatic heterocycles. The number of carboxylic acids is 1. The van der Waals surface area contributed by atoms with Gasteiger partial charge in [0, 0.05) is 15.9 Å². The average molecular weight is 445 g/mol. The van der Waals surface area contributed by atoms with E-state index in [-0.39, 0.29) is 6.04 Å². The van der Waals surface area contributed by atoms with Gasteiger partial charge in [-0.3, -0.25) is 9.69 Å². The molecule has 0 amide bonds. The molecule has 0 radical (unpaired) electrons. The standard InChI is InChI=1S/C16H15Br2NO2S/c17-11-5-2-1-4-10(11)15(13-7-8-14(18)22-13)19-9-3-6-12(19)16(20)21/h1-2,4-5,7-8,12,15H,3,6,9H2,(H,20,21). The van der Waals surface area contributed by atoms with Crippen LogP contribution in [0.1, 0.15) is 29.3 Å². The Labute approximate surface area is 150 Å². The summed E-state index contributed by atoms with van der Waals surface area (Å²) in [6.07, 6.45) is 1.63. The SMILES string of the molecule is O=C(O)C1CCCN1C(c1ccc(Br)s1)c1ccccc1Br. The van der Waals surface area contributed by atoms with E-state index < -0.39 is 12.0 Å². The second-order valence-corrected chi connectivity index (χ2v) is 8.65. The fraction of sp³-hybridized carbons (Fsp3) is 0.312. The largest absolute Gasteiger partial charge is 0.480 e. The topological polar surface area (TPSA) is 40.5 Å². The lowest BCUT2D eigenvalue weighted by atomic mass is 10.0. The second-order valence-electron chi connectivity index (χ2n) is 5.30. The van der Waals surface area contributed by atoms with Crippen LogP contribution in [-0.4, -0.2) is 28.6 Å². The quantitative estimate of drug-likeness (QED) is 0.728. The Morgan fingerprint density at radius 2 is 2.05 bits per heavy atom. The Bertz CT molecular complexity index is 688. The fourth-order valence-electron chi connectivity index (χ4n) is 3.03. The van der Waals surface area contributed by atoms with Crippen LogP contribution in [-0.2, 0) is 4.79 Å². The van der Waals surface area contributed by atoms with E-state index in [1.165, 1.54) is 0 Å². The van der Waals surface area contributed by atoms with Crippen molar-refractivity contribution in [3.05, 3.63) is 55.1 Å². The number of likely N-dealkylation sites (tertiary alicyclic amines) is 1. The van der Waals surface area contributed by atoms with Crippen molar-refractivity contribution >= 4 is 49.2 Å². The summed E-state index contributed by atoms with van der Waals surface area (Å²) in [7, 11) is 0. The first kappa shape index (κ1) is 16.2. The molecule has 2 aromatic rings. The molecule has 2 unspecified atom stereocenters. The summed E-state index contributed by atoms with van der Waals surface area (Å²) >= 11 is 8.80. The summed E-state index contributed by atoms with van der Waals surface area (Å²) in [4.78, 5) is 14.9. The molecule has 0 saturated carbocycles. The van der Waals surface area contributed by atoms with Gasteiger partial charge in [0.2, 0.25) is 0 Å². The molecule has 1 N–H and O–H groups in total. The van der Waals surface area contributed by atoms with Gasteiger partial charge in [-0.05, 0) is 52.5 Å². The van der Waals surface area contributed by atoms with E-state index in [1.807, 2.05) is 24.3 Å². The Kier molecular flexibility index (Phi) is 5.02. The predicted molar refractivity (Wildman–Crippen MR) is 95.4 cm³/mol. The number of rotatable bonds is 4. The van der Waals surface area contributed by atoms with Crippen LogP contribution in [0.15, 0.2) is 44.7 Å². The first-order valence-electron chi connectivity index (χ1n) is 7.06. The Morgan fingerprint density at radius 3 is 2.68 bits per heavy atom. The van der Waals surface area contributed by atoms with E-state index >= 15 is 0 Å². The van der Waals surface area contributed by atoms with Crippen LogP contribution < -0.4 is 0 Å². The average Bonchev–Trinajstić information content (AvgIpc) is 3.11. The summed E-state index contributed by atoms with van der Waals surface area (Å²) in [5.41, 5.74) is 1.12. The molecule has 0 spiro atoms. The van der Waals surface area contributed by atoms with E-state index in [0.717, 1.165) is 31.7 Å². The van der Waals surface area contributed by atoms with Crippen LogP contribution in [0.5, 0.6) is 0 Å². The molecular weight excluding hydrogens is 430 g/mol. The van der Waals surface area contributed by atoms with Crippen molar-refractivity contribution < 1.29 is 9.90 Å². The number of thiophene rings is 1. The molecule has 1 saturated heterocycles. The van der Waals surface area contributed by atoms with Crippen molar-refractivity contribution in [2.24, 2.45) is 0 Å². The minimum atomic E-state index is -0.731. The molecule has 0 bridgehead atoms. The van der Waals surface area contributed by atoms with Crippen LogP contribution in [0, 0.1) is 0 Å². The van der Waals surface area contributed by atoms with Crippen molar-refractivity contribution in [3.8, 4) is 0 Å². The van der Waals surface area contributed by atoms with Crippen LogP contribution in [0.2, 0.25) is 0 Å². The van der Waals surface area contributed by atoms with E-state index in [1.54, 1.807) is 11.3 Å². The van der Waals surface area contributed by atoms with Gasteiger partial charge in [0.25, 0.3) is 0 Å². The van der Waals surface area contributed by atoms with Gasteiger partial charge in [0.1, 0.15) is 6.04 Å². The molecule has 3 nitrogen and oxygen atoms in total. The van der Waals surface area contributed by atoms with Crippen LogP contribution in [0.4, 0.5) is 0 Å². The number of nitrogens with zero attached hydrogens (tertiary/aromatic N) is 1. The molecule has 2 atom stereocenters. The molecule has 1 aliphatic rings. The van der Waals surface area contributed by atoms with Gasteiger partial charge in [-0.15, -0.1) is 11.3 Å². The highest BCUT2D eigenvalue weighted by molar-refractivity contribution is 9.11. The summed E-state index contributed by atoms with van der Waals surface area (Å²) < 4.78 is 2.08. The maximum Gasteiger partial charge on any atom is 0.320 e. The highest BCUT2D eigenvalue weighted by Gasteiger charge is 2.37. The van der Waals surface area contributed by atoms with E-state index in [4.69, 9.17) is 0 Å². The Morgan fingerprint density at radius 1 is 1.27 bits per heavy atom. The summed E-state index contributed by atoms with van der Waals surface area (Å²) in [6.45, 7) is 0.804. The number of halogens is 2. The molecular formula is C16H15Br2NO2S. The molecule has 3 rings (SSSR count). The number of benzene rings is 1. The number of hydrogen-bond donors (Lipinski definition) is 1. The van der Waals surface area contributed by atoms with Gasteiger partial charge < -0.3 is 5.11 Å². The summed E-state index contributed by atoms with van der Waals surface area (Å²) in [6, 6.07) is 11.7. The third-order valence-corrected chi connectivity index (χ3v) is 6.37. The molecule has 2 heterocycles. The maximum atomic E-state index is 11.6. The van der Waals surface area contributed by atoms with Gasteiger partial charge in [0.15, 0.2) is 0 Å². The number of aliphatic carboxylic acids is 1. The van der Waals surface area contributed by atoms with E-state index in [2.05, 4.69) is 48.9 Å². The van der Waals surface area contributed by atoms with Crippen molar-refractivity contribution in [1.29, 1.82) is 0 Å². The van der Waals surface area contributed by atoms with Gasteiger partial charge >= 0.3 is 5.97 Å². The number of hydrogen-bond acceptors (Lipinski definition) is 3. The fourth-order valence-corrected chi connectivity index (χ4v) is 5.10. The monoisotopic (exact) mass is 443 g/mol. The molecule has 116 valence electrons. The number of carbonyl (C=O) groups is 1. The zero-order valence-corrected chi connectivity index (χ0v) is 15.7. The lowest BCUT2D eigenvalue weighted by Gasteiger charge is -2.31. The molecule has 1 aromatic carbocycles. The van der Waals surface area contributed by atoms with E-state index in [0.29, 0.717) is 6.42 Å². The molecule has 22 heavy (non-hydrogen) atoms. The molecule has 1 fully saturated rings. The normalized spacial score (nSPS) is 20.2. The second kappa shape index (κ2) is 6.83. The van der Waals surface area contributed by atoms with Gasteiger partial charge in [-0.25, -0.2) is 0 Å². The predicted octanol–water partition coefficient (Wildman–Crippen LogP) is 4.91. The third kappa shape index (κ3) is 3.15. The highest BCUT2D eigenvalue weighted by Crippen LogP contribution is 2.41. The molecule has 1 aromatic heterocycles. The van der Waals surface area contributed by atoms with Gasteiger partial charge in [0.05, 0.1) is 9.83 Å². The summed E-state index contributed by atoms with van der Waals surface area (Å²) in [5, 5.41) is 9.54. The minimum Gasteiger partial charge on any atom is -0.480 e. The highest BCUT2D eigenvalue weighted by atomic mass is 79.9. The lowest BCUT2D eigenvalue weighted by Crippen LogP contribution is -2.39. The Balaban J connectivity index is 2.07.